The summed E-state index contributed by atoms with van der Waals surface area (Å²) in [6, 6.07) is 10.9. The molecule has 1 amide bonds. The number of rotatable bonds is 6. The van der Waals surface area contributed by atoms with Crippen molar-refractivity contribution in [3.05, 3.63) is 35.9 Å². The van der Waals surface area contributed by atoms with Crippen molar-refractivity contribution in [3.63, 3.8) is 0 Å². The van der Waals surface area contributed by atoms with Crippen LogP contribution in [0.3, 0.4) is 0 Å². The van der Waals surface area contributed by atoms with Crippen LogP contribution in [0.4, 0.5) is 0 Å². The summed E-state index contributed by atoms with van der Waals surface area (Å²) < 4.78 is 26.2. The molecule has 0 bridgehead atoms. The van der Waals surface area contributed by atoms with E-state index >= 15 is 0 Å². The summed E-state index contributed by atoms with van der Waals surface area (Å²) in [6.07, 6.45) is 5.72. The molecule has 1 aromatic rings. The highest BCUT2D eigenvalue weighted by atomic mass is 32.2. The Balaban J connectivity index is 1.47. The third-order valence-electron chi connectivity index (χ3n) is 7.02. The van der Waals surface area contributed by atoms with Gasteiger partial charge in [0.05, 0.1) is 11.2 Å². The standard InChI is InChI=1S/C22H33N3O3S/c1-2-29(27,28)25-16-12-22(13-17-25,18-6-4-3-5-7-18)21(26)23-19-10-14-24(15-11-19)20-8-9-20/h3-7,19-20H,2,8-17H2,1H3,(H,23,26). The van der Waals surface area contributed by atoms with Gasteiger partial charge < -0.3 is 10.2 Å². The van der Waals surface area contributed by atoms with E-state index in [0.717, 1.165) is 37.5 Å². The maximum atomic E-state index is 13.5. The summed E-state index contributed by atoms with van der Waals surface area (Å²) in [6.45, 7) is 4.61. The minimum Gasteiger partial charge on any atom is -0.352 e. The summed E-state index contributed by atoms with van der Waals surface area (Å²) in [4.78, 5) is 16.1. The zero-order chi connectivity index (χ0) is 20.5. The van der Waals surface area contributed by atoms with Crippen molar-refractivity contribution in [3.8, 4) is 0 Å². The Morgan fingerprint density at radius 3 is 2.21 bits per heavy atom. The van der Waals surface area contributed by atoms with Gasteiger partial charge in [-0.2, -0.15) is 0 Å². The molecule has 0 atom stereocenters. The fourth-order valence-electron chi connectivity index (χ4n) is 4.90. The third kappa shape index (κ3) is 4.37. The van der Waals surface area contributed by atoms with E-state index in [2.05, 4.69) is 10.2 Å². The van der Waals surface area contributed by atoms with Gasteiger partial charge in [0.25, 0.3) is 0 Å². The van der Waals surface area contributed by atoms with Crippen LogP contribution >= 0.6 is 0 Å². The lowest BCUT2D eigenvalue weighted by Crippen LogP contribution is -2.56. The van der Waals surface area contributed by atoms with Gasteiger partial charge in [-0.15, -0.1) is 0 Å². The summed E-state index contributed by atoms with van der Waals surface area (Å²) in [5, 5.41) is 3.34. The Morgan fingerprint density at radius 2 is 1.66 bits per heavy atom. The van der Waals surface area contributed by atoms with Crippen molar-refractivity contribution in [2.24, 2.45) is 0 Å². The highest BCUT2D eigenvalue weighted by Gasteiger charge is 2.45. The zero-order valence-electron chi connectivity index (χ0n) is 17.3. The normalized spacial score (nSPS) is 24.3. The minimum absolute atomic E-state index is 0.0714. The van der Waals surface area contributed by atoms with Crippen LogP contribution in [-0.4, -0.2) is 67.5 Å². The molecular formula is C22H33N3O3S. The fraction of sp³-hybridized carbons (Fsp3) is 0.682. The quantitative estimate of drug-likeness (QED) is 0.767. The molecule has 3 aliphatic rings. The van der Waals surface area contributed by atoms with Crippen LogP contribution in [0.5, 0.6) is 0 Å². The second kappa shape index (κ2) is 8.36. The minimum atomic E-state index is -3.22. The number of benzene rings is 1. The van der Waals surface area contributed by atoms with Gasteiger partial charge in [-0.3, -0.25) is 4.79 Å². The molecule has 7 heteroatoms. The molecular weight excluding hydrogens is 386 g/mol. The molecule has 0 radical (unpaired) electrons. The molecule has 2 saturated heterocycles. The van der Waals surface area contributed by atoms with Crippen LogP contribution in [0.1, 0.15) is 51.0 Å². The number of piperidine rings is 2. The molecule has 0 unspecified atom stereocenters. The smallest absolute Gasteiger partial charge is 0.230 e. The Labute approximate surface area is 174 Å². The SMILES string of the molecule is CCS(=O)(=O)N1CCC(C(=O)NC2CCN(C3CC3)CC2)(c2ccccc2)CC1. The number of sulfonamides is 1. The number of carbonyl (C=O) groups is 1. The van der Waals surface area contributed by atoms with Crippen molar-refractivity contribution in [1.82, 2.24) is 14.5 Å². The van der Waals surface area contributed by atoms with Crippen LogP contribution in [0.15, 0.2) is 30.3 Å². The lowest BCUT2D eigenvalue weighted by Gasteiger charge is -2.42. The van der Waals surface area contributed by atoms with Crippen LogP contribution in [-0.2, 0) is 20.2 Å². The Kier molecular flexibility index (Phi) is 6.00. The largest absolute Gasteiger partial charge is 0.352 e. The third-order valence-corrected chi connectivity index (χ3v) is 8.90. The van der Waals surface area contributed by atoms with Crippen LogP contribution in [0.25, 0.3) is 0 Å². The van der Waals surface area contributed by atoms with Gasteiger partial charge in [-0.05, 0) is 51.0 Å². The number of amides is 1. The molecule has 160 valence electrons. The second-order valence-corrected chi connectivity index (χ2v) is 11.0. The number of carbonyl (C=O) groups excluding carboxylic acids is 1. The van der Waals surface area contributed by atoms with E-state index < -0.39 is 15.4 Å². The number of hydrogen-bond donors (Lipinski definition) is 1. The van der Waals surface area contributed by atoms with E-state index in [1.165, 1.54) is 12.8 Å². The van der Waals surface area contributed by atoms with Crippen molar-refractivity contribution in [1.29, 1.82) is 0 Å². The second-order valence-electron chi connectivity index (χ2n) is 8.76. The molecule has 0 aromatic heterocycles. The van der Waals surface area contributed by atoms with E-state index in [1.807, 2.05) is 30.3 Å². The molecule has 2 aliphatic heterocycles. The molecule has 0 spiro atoms. The Morgan fingerprint density at radius 1 is 1.03 bits per heavy atom. The average molecular weight is 420 g/mol. The summed E-state index contributed by atoms with van der Waals surface area (Å²) >= 11 is 0. The van der Waals surface area contributed by atoms with E-state index in [-0.39, 0.29) is 17.7 Å². The average Bonchev–Trinajstić information content (AvgIpc) is 3.60. The first-order valence-corrected chi connectivity index (χ1v) is 12.6. The summed E-state index contributed by atoms with van der Waals surface area (Å²) in [7, 11) is -3.22. The zero-order valence-corrected chi connectivity index (χ0v) is 18.2. The van der Waals surface area contributed by atoms with Gasteiger partial charge in [0.1, 0.15) is 0 Å². The topological polar surface area (TPSA) is 69.7 Å². The van der Waals surface area contributed by atoms with E-state index in [1.54, 1.807) is 11.2 Å². The van der Waals surface area contributed by atoms with Crippen molar-refractivity contribution in [2.75, 3.05) is 31.9 Å². The predicted molar refractivity (Wildman–Crippen MR) is 114 cm³/mol. The van der Waals surface area contributed by atoms with Crippen LogP contribution in [0, 0.1) is 0 Å². The lowest BCUT2D eigenvalue weighted by molar-refractivity contribution is -0.129. The molecule has 1 saturated carbocycles. The Hall–Kier alpha value is -1.44. The molecule has 6 nitrogen and oxygen atoms in total. The number of nitrogens with one attached hydrogen (secondary N) is 1. The van der Waals surface area contributed by atoms with Crippen LogP contribution in [0.2, 0.25) is 0 Å². The summed E-state index contributed by atoms with van der Waals surface area (Å²) in [5.41, 5.74) is 0.357. The maximum absolute atomic E-state index is 13.5. The lowest BCUT2D eigenvalue weighted by atomic mass is 9.72. The molecule has 1 aliphatic carbocycles. The van der Waals surface area contributed by atoms with Crippen molar-refractivity contribution in [2.45, 2.75) is 62.9 Å². The van der Waals surface area contributed by atoms with Gasteiger partial charge in [-0.1, -0.05) is 30.3 Å². The monoisotopic (exact) mass is 419 g/mol. The number of likely N-dealkylation sites (tertiary alicyclic amines) is 1. The van der Waals surface area contributed by atoms with Gasteiger partial charge in [0, 0.05) is 38.3 Å². The molecule has 3 fully saturated rings. The number of nitrogens with zero attached hydrogens (tertiary/aromatic N) is 2. The van der Waals surface area contributed by atoms with E-state index in [0.29, 0.717) is 25.9 Å². The molecule has 2 heterocycles. The highest BCUT2D eigenvalue weighted by Crippen LogP contribution is 2.37. The van der Waals surface area contributed by atoms with Gasteiger partial charge in [-0.25, -0.2) is 12.7 Å². The molecule has 4 rings (SSSR count). The highest BCUT2D eigenvalue weighted by molar-refractivity contribution is 7.89. The molecule has 1 aromatic carbocycles. The van der Waals surface area contributed by atoms with Crippen molar-refractivity contribution < 1.29 is 13.2 Å². The van der Waals surface area contributed by atoms with Gasteiger partial charge in [0.15, 0.2) is 0 Å². The first-order chi connectivity index (χ1) is 13.9. The van der Waals surface area contributed by atoms with E-state index in [9.17, 15) is 13.2 Å². The maximum Gasteiger partial charge on any atom is 0.230 e. The number of hydrogen-bond acceptors (Lipinski definition) is 4. The molecule has 29 heavy (non-hydrogen) atoms. The fourth-order valence-corrected chi connectivity index (χ4v) is 6.01. The Bertz CT molecular complexity index is 807. The molecule has 1 N–H and O–H groups in total. The van der Waals surface area contributed by atoms with Gasteiger partial charge in [0.2, 0.25) is 15.9 Å². The van der Waals surface area contributed by atoms with Crippen LogP contribution < -0.4 is 5.32 Å². The van der Waals surface area contributed by atoms with E-state index in [4.69, 9.17) is 0 Å². The summed E-state index contributed by atoms with van der Waals surface area (Å²) in [5.74, 6) is 0.180. The first-order valence-electron chi connectivity index (χ1n) is 11.0. The first kappa shape index (κ1) is 20.8. The van der Waals surface area contributed by atoms with Crippen molar-refractivity contribution >= 4 is 15.9 Å². The predicted octanol–water partition coefficient (Wildman–Crippen LogP) is 2.11. The van der Waals surface area contributed by atoms with Gasteiger partial charge >= 0.3 is 0 Å².